The van der Waals surface area contributed by atoms with E-state index in [0.717, 1.165) is 13.1 Å². The molecule has 1 fully saturated rings. The molecule has 0 radical (unpaired) electrons. The van der Waals surface area contributed by atoms with Crippen molar-refractivity contribution >= 4 is 23.2 Å². The number of para-hydroxylation sites is 2. The number of nitrogens with one attached hydrogen (secondary N) is 2. The fourth-order valence-corrected chi connectivity index (χ4v) is 3.97. The summed E-state index contributed by atoms with van der Waals surface area (Å²) in [5.41, 5.74) is 1.80. The fraction of sp³-hybridized carbons (Fsp3) is 0.391. The molecular formula is C23H29N3O3. The maximum absolute atomic E-state index is 12.5. The number of anilines is 2. The number of ether oxygens (including phenoxy) is 1. The van der Waals surface area contributed by atoms with E-state index in [4.69, 9.17) is 4.74 Å². The molecule has 2 amide bonds. The molecule has 6 heteroatoms. The quantitative estimate of drug-likeness (QED) is 0.779. The molecule has 1 aliphatic rings. The molecule has 154 valence electrons. The van der Waals surface area contributed by atoms with Gasteiger partial charge in [0.25, 0.3) is 5.91 Å². The maximum atomic E-state index is 12.5. The first kappa shape index (κ1) is 20.9. The lowest BCUT2D eigenvalue weighted by atomic mass is 9.92. The van der Waals surface area contributed by atoms with Gasteiger partial charge in [-0.3, -0.25) is 14.5 Å². The van der Waals surface area contributed by atoms with Crippen molar-refractivity contribution in [3.63, 3.8) is 0 Å². The molecule has 29 heavy (non-hydrogen) atoms. The van der Waals surface area contributed by atoms with E-state index in [1.54, 1.807) is 43.5 Å². The highest BCUT2D eigenvalue weighted by atomic mass is 16.5. The van der Waals surface area contributed by atoms with Crippen molar-refractivity contribution in [2.75, 3.05) is 37.4 Å². The number of carbonyl (C=O) groups is 2. The van der Waals surface area contributed by atoms with Gasteiger partial charge in [-0.1, -0.05) is 26.0 Å². The molecule has 0 saturated carbocycles. The lowest BCUT2D eigenvalue weighted by Gasteiger charge is -2.34. The Morgan fingerprint density at radius 2 is 1.66 bits per heavy atom. The number of methoxy groups -OCH3 is 1. The average Bonchev–Trinajstić information content (AvgIpc) is 2.68. The van der Waals surface area contributed by atoms with E-state index in [0.29, 0.717) is 41.1 Å². The summed E-state index contributed by atoms with van der Waals surface area (Å²) in [5, 5.41) is 5.76. The molecule has 1 heterocycles. The van der Waals surface area contributed by atoms with Gasteiger partial charge in [-0.2, -0.15) is 0 Å². The first-order valence-corrected chi connectivity index (χ1v) is 10.0. The Labute approximate surface area is 172 Å². The summed E-state index contributed by atoms with van der Waals surface area (Å²) >= 11 is 0. The molecule has 2 N–H and O–H groups in total. The van der Waals surface area contributed by atoms with Crippen LogP contribution in [0.5, 0.6) is 5.75 Å². The summed E-state index contributed by atoms with van der Waals surface area (Å²) in [6, 6.07) is 14.1. The average molecular weight is 396 g/mol. The van der Waals surface area contributed by atoms with Gasteiger partial charge in [0, 0.05) is 24.3 Å². The summed E-state index contributed by atoms with van der Waals surface area (Å²) in [6.07, 6.45) is 1.22. The van der Waals surface area contributed by atoms with Crippen LogP contribution in [0, 0.1) is 11.8 Å². The van der Waals surface area contributed by atoms with E-state index in [1.165, 1.54) is 6.42 Å². The van der Waals surface area contributed by atoms with Crippen LogP contribution in [-0.2, 0) is 4.79 Å². The summed E-state index contributed by atoms with van der Waals surface area (Å²) in [5.74, 6) is 1.58. The smallest absolute Gasteiger partial charge is 0.255 e. The highest BCUT2D eigenvalue weighted by molar-refractivity contribution is 6.05. The number of nitrogens with zero attached hydrogens (tertiary/aromatic N) is 1. The molecule has 0 spiro atoms. The zero-order chi connectivity index (χ0) is 20.8. The Bertz CT molecular complexity index is 841. The lowest BCUT2D eigenvalue weighted by molar-refractivity contribution is -0.117. The number of benzene rings is 2. The monoisotopic (exact) mass is 395 g/mol. The second-order valence-electron chi connectivity index (χ2n) is 7.92. The number of hydrogen-bond acceptors (Lipinski definition) is 4. The molecule has 6 nitrogen and oxygen atoms in total. The number of rotatable bonds is 6. The minimum atomic E-state index is -0.233. The Balaban J connectivity index is 1.55. The number of piperidine rings is 1. The fourth-order valence-electron chi connectivity index (χ4n) is 3.97. The van der Waals surface area contributed by atoms with E-state index in [9.17, 15) is 9.59 Å². The third-order valence-corrected chi connectivity index (χ3v) is 5.10. The normalized spacial score (nSPS) is 19.4. The first-order valence-electron chi connectivity index (χ1n) is 10.0. The van der Waals surface area contributed by atoms with Gasteiger partial charge in [0.1, 0.15) is 5.75 Å². The van der Waals surface area contributed by atoms with Crippen LogP contribution in [-0.4, -0.2) is 43.5 Å². The molecule has 2 atom stereocenters. The van der Waals surface area contributed by atoms with Gasteiger partial charge in [-0.15, -0.1) is 0 Å². The second-order valence-corrected chi connectivity index (χ2v) is 7.92. The predicted molar refractivity (Wildman–Crippen MR) is 115 cm³/mol. The summed E-state index contributed by atoms with van der Waals surface area (Å²) < 4.78 is 5.25. The van der Waals surface area contributed by atoms with Crippen molar-refractivity contribution in [1.82, 2.24) is 4.90 Å². The van der Waals surface area contributed by atoms with Crippen LogP contribution in [0.25, 0.3) is 0 Å². The lowest BCUT2D eigenvalue weighted by Crippen LogP contribution is -2.42. The molecule has 2 aromatic rings. The van der Waals surface area contributed by atoms with Crippen molar-refractivity contribution < 1.29 is 14.3 Å². The third-order valence-electron chi connectivity index (χ3n) is 5.10. The van der Waals surface area contributed by atoms with Crippen LogP contribution in [0.2, 0.25) is 0 Å². The largest absolute Gasteiger partial charge is 0.495 e. The Morgan fingerprint density at radius 1 is 1.00 bits per heavy atom. The van der Waals surface area contributed by atoms with E-state index in [-0.39, 0.29) is 11.8 Å². The van der Waals surface area contributed by atoms with Crippen LogP contribution in [0.15, 0.2) is 48.5 Å². The van der Waals surface area contributed by atoms with Crippen LogP contribution >= 0.6 is 0 Å². The van der Waals surface area contributed by atoms with Crippen molar-refractivity contribution in [1.29, 1.82) is 0 Å². The van der Waals surface area contributed by atoms with E-state index >= 15 is 0 Å². The number of amides is 2. The van der Waals surface area contributed by atoms with Crippen molar-refractivity contribution in [3.8, 4) is 5.75 Å². The van der Waals surface area contributed by atoms with Crippen LogP contribution < -0.4 is 15.4 Å². The number of carbonyl (C=O) groups excluding carboxylic acids is 2. The van der Waals surface area contributed by atoms with Gasteiger partial charge in [0.2, 0.25) is 5.91 Å². The molecule has 3 rings (SSSR count). The highest BCUT2D eigenvalue weighted by Crippen LogP contribution is 2.24. The van der Waals surface area contributed by atoms with Crippen LogP contribution in [0.4, 0.5) is 11.4 Å². The second kappa shape index (κ2) is 9.56. The Hall–Kier alpha value is -2.86. The SMILES string of the molecule is COc1ccccc1NC(=O)c1ccc(NC(=O)CN2C[C@H](C)C[C@@H](C)C2)cc1. The molecule has 0 aliphatic carbocycles. The maximum Gasteiger partial charge on any atom is 0.255 e. The van der Waals surface area contributed by atoms with E-state index < -0.39 is 0 Å². The van der Waals surface area contributed by atoms with Crippen molar-refractivity contribution in [2.45, 2.75) is 20.3 Å². The third kappa shape index (κ3) is 5.81. The summed E-state index contributed by atoms with van der Waals surface area (Å²) in [6.45, 7) is 6.77. The number of likely N-dealkylation sites (tertiary alicyclic amines) is 1. The number of hydrogen-bond donors (Lipinski definition) is 2. The highest BCUT2D eigenvalue weighted by Gasteiger charge is 2.23. The van der Waals surface area contributed by atoms with Crippen molar-refractivity contribution in [2.24, 2.45) is 11.8 Å². The summed E-state index contributed by atoms with van der Waals surface area (Å²) in [7, 11) is 1.56. The predicted octanol–water partition coefficient (Wildman–Crippen LogP) is 3.86. The Kier molecular flexibility index (Phi) is 6.88. The van der Waals surface area contributed by atoms with Gasteiger partial charge < -0.3 is 15.4 Å². The standard InChI is InChI=1S/C23H29N3O3/c1-16-12-17(2)14-26(13-16)15-22(27)24-19-10-8-18(9-11-19)23(28)25-20-6-4-5-7-21(20)29-3/h4-11,16-17H,12-15H2,1-3H3,(H,24,27)(H,25,28)/t16-,17-/m1/s1. The van der Waals surface area contributed by atoms with Gasteiger partial charge in [0.05, 0.1) is 19.3 Å². The molecule has 0 aromatic heterocycles. The Morgan fingerprint density at radius 3 is 2.31 bits per heavy atom. The van der Waals surface area contributed by atoms with Crippen LogP contribution in [0.1, 0.15) is 30.6 Å². The van der Waals surface area contributed by atoms with E-state index in [2.05, 4.69) is 29.4 Å². The zero-order valence-corrected chi connectivity index (χ0v) is 17.3. The molecule has 2 aromatic carbocycles. The molecule has 0 unspecified atom stereocenters. The molecule has 0 bridgehead atoms. The van der Waals surface area contributed by atoms with Gasteiger partial charge >= 0.3 is 0 Å². The van der Waals surface area contributed by atoms with Crippen LogP contribution in [0.3, 0.4) is 0 Å². The molecule has 1 aliphatic heterocycles. The zero-order valence-electron chi connectivity index (χ0n) is 17.3. The summed E-state index contributed by atoms with van der Waals surface area (Å²) in [4.78, 5) is 27.1. The van der Waals surface area contributed by atoms with Gasteiger partial charge in [-0.25, -0.2) is 0 Å². The first-order chi connectivity index (χ1) is 13.9. The van der Waals surface area contributed by atoms with Crippen molar-refractivity contribution in [3.05, 3.63) is 54.1 Å². The molecule has 1 saturated heterocycles. The van der Waals surface area contributed by atoms with E-state index in [1.807, 2.05) is 12.1 Å². The van der Waals surface area contributed by atoms with Gasteiger partial charge in [0.15, 0.2) is 0 Å². The topological polar surface area (TPSA) is 70.7 Å². The van der Waals surface area contributed by atoms with Gasteiger partial charge in [-0.05, 0) is 54.7 Å². The minimum Gasteiger partial charge on any atom is -0.495 e. The minimum absolute atomic E-state index is 0.0301. The molecular weight excluding hydrogens is 366 g/mol.